The van der Waals surface area contributed by atoms with Crippen LogP contribution in [-0.4, -0.2) is 52.4 Å². The molecule has 0 bridgehead atoms. The van der Waals surface area contributed by atoms with Crippen LogP contribution >= 0.6 is 0 Å². The predicted octanol–water partition coefficient (Wildman–Crippen LogP) is 3.13. The molecule has 0 fully saturated rings. The molecule has 0 heterocycles. The maximum atomic E-state index is 12.9. The quantitative estimate of drug-likeness (QED) is 0.593. The highest BCUT2D eigenvalue weighted by molar-refractivity contribution is 7.92. The molecule has 0 aromatic heterocycles. The van der Waals surface area contributed by atoms with Crippen molar-refractivity contribution in [3.8, 4) is 0 Å². The lowest BCUT2D eigenvalue weighted by molar-refractivity contribution is -0.116. The number of aryl methyl sites for hydroxylation is 2. The molecule has 2 aromatic rings. The zero-order chi connectivity index (χ0) is 24.3. The third-order valence-electron chi connectivity index (χ3n) is 5.16. The predicted molar refractivity (Wildman–Crippen MR) is 128 cm³/mol. The van der Waals surface area contributed by atoms with Crippen molar-refractivity contribution in [1.82, 2.24) is 4.31 Å². The Hall–Kier alpha value is -2.43. The van der Waals surface area contributed by atoms with Gasteiger partial charge in [0.05, 0.1) is 16.8 Å². The maximum absolute atomic E-state index is 12.9. The second kappa shape index (κ2) is 10.0. The first-order chi connectivity index (χ1) is 14.8. The Balaban J connectivity index is 2.30. The van der Waals surface area contributed by atoms with Gasteiger partial charge in [-0.15, -0.1) is 0 Å². The number of anilines is 2. The fraction of sp³-hybridized carbons (Fsp3) is 0.409. The highest BCUT2D eigenvalue weighted by atomic mass is 32.2. The fourth-order valence-electron chi connectivity index (χ4n) is 3.41. The minimum absolute atomic E-state index is 0.125. The van der Waals surface area contributed by atoms with Crippen molar-refractivity contribution in [2.75, 3.05) is 29.0 Å². The number of amides is 1. The first-order valence-electron chi connectivity index (χ1n) is 10.3. The van der Waals surface area contributed by atoms with Gasteiger partial charge in [-0.2, -0.15) is 4.31 Å². The van der Waals surface area contributed by atoms with Crippen molar-refractivity contribution in [3.63, 3.8) is 0 Å². The van der Waals surface area contributed by atoms with Gasteiger partial charge in [-0.3, -0.25) is 9.10 Å². The Morgan fingerprint density at radius 1 is 0.969 bits per heavy atom. The smallest absolute Gasteiger partial charge is 0.247 e. The van der Waals surface area contributed by atoms with Crippen molar-refractivity contribution < 1.29 is 21.6 Å². The summed E-state index contributed by atoms with van der Waals surface area (Å²) in [6.45, 7) is 9.38. The number of benzene rings is 2. The van der Waals surface area contributed by atoms with Crippen LogP contribution in [0.25, 0.3) is 0 Å². The lowest BCUT2D eigenvalue weighted by Gasteiger charge is -2.29. The average Bonchev–Trinajstić information content (AvgIpc) is 2.70. The molecule has 0 aliphatic heterocycles. The molecule has 10 heteroatoms. The van der Waals surface area contributed by atoms with Crippen molar-refractivity contribution in [1.29, 1.82) is 0 Å². The van der Waals surface area contributed by atoms with Crippen LogP contribution in [0.4, 0.5) is 11.4 Å². The molecule has 1 amide bonds. The van der Waals surface area contributed by atoms with Gasteiger partial charge in [0.25, 0.3) is 0 Å². The first kappa shape index (κ1) is 25.8. The third-order valence-corrected chi connectivity index (χ3v) is 8.45. The van der Waals surface area contributed by atoms with E-state index in [4.69, 9.17) is 0 Å². The molecule has 1 atom stereocenters. The van der Waals surface area contributed by atoms with Crippen LogP contribution in [0.15, 0.2) is 47.4 Å². The molecule has 1 N–H and O–H groups in total. The minimum atomic E-state index is -3.75. The van der Waals surface area contributed by atoms with E-state index >= 15 is 0 Å². The van der Waals surface area contributed by atoms with E-state index < -0.39 is 32.0 Å². The van der Waals surface area contributed by atoms with Gasteiger partial charge in [0.1, 0.15) is 6.04 Å². The monoisotopic (exact) mass is 481 g/mol. The lowest BCUT2D eigenvalue weighted by Crippen LogP contribution is -2.45. The van der Waals surface area contributed by atoms with Gasteiger partial charge in [-0.1, -0.05) is 26.0 Å². The van der Waals surface area contributed by atoms with E-state index in [1.54, 1.807) is 26.8 Å². The summed E-state index contributed by atoms with van der Waals surface area (Å²) >= 11 is 0. The van der Waals surface area contributed by atoms with Crippen LogP contribution < -0.4 is 9.62 Å². The molecule has 0 saturated carbocycles. The van der Waals surface area contributed by atoms with Crippen LogP contribution in [0, 0.1) is 13.8 Å². The van der Waals surface area contributed by atoms with E-state index in [2.05, 4.69) is 5.32 Å². The Morgan fingerprint density at radius 2 is 1.53 bits per heavy atom. The number of sulfonamides is 2. The molecule has 0 aliphatic carbocycles. The highest BCUT2D eigenvalue weighted by Crippen LogP contribution is 2.27. The number of carbonyl (C=O) groups excluding carboxylic acids is 1. The molecule has 0 aliphatic rings. The zero-order valence-corrected chi connectivity index (χ0v) is 20.9. The van der Waals surface area contributed by atoms with Gasteiger partial charge in [0.2, 0.25) is 26.0 Å². The molecule has 2 rings (SSSR count). The number of rotatable bonds is 9. The maximum Gasteiger partial charge on any atom is 0.247 e. The molecule has 0 unspecified atom stereocenters. The fourth-order valence-corrected chi connectivity index (χ4v) is 6.09. The highest BCUT2D eigenvalue weighted by Gasteiger charge is 2.30. The summed E-state index contributed by atoms with van der Waals surface area (Å²) in [5, 5.41) is 2.68. The Kier molecular flexibility index (Phi) is 8.08. The standard InChI is InChI=1S/C22H31N3O5S2/c1-7-24(8-2)32(29,30)20-13-11-19(12-14-20)23-22(26)18(5)25(31(6,27)28)21-15-16(3)9-10-17(21)4/h9-15,18H,7-8H2,1-6H3,(H,23,26)/t18-/m1/s1. The van der Waals surface area contributed by atoms with Crippen molar-refractivity contribution in [3.05, 3.63) is 53.6 Å². The van der Waals surface area contributed by atoms with Crippen LogP contribution in [0.3, 0.4) is 0 Å². The van der Waals surface area contributed by atoms with E-state index in [0.29, 0.717) is 24.5 Å². The number of hydrogen-bond acceptors (Lipinski definition) is 5. The summed E-state index contributed by atoms with van der Waals surface area (Å²) in [5.74, 6) is -0.532. The largest absolute Gasteiger partial charge is 0.324 e. The van der Waals surface area contributed by atoms with Gasteiger partial charge in [0.15, 0.2) is 0 Å². The molecule has 2 aromatic carbocycles. The Labute approximate surface area is 191 Å². The molecular formula is C22H31N3O5S2. The van der Waals surface area contributed by atoms with Crippen LogP contribution in [0.5, 0.6) is 0 Å². The third kappa shape index (κ3) is 5.67. The van der Waals surface area contributed by atoms with Crippen LogP contribution in [-0.2, 0) is 24.8 Å². The van der Waals surface area contributed by atoms with E-state index in [9.17, 15) is 21.6 Å². The molecular weight excluding hydrogens is 450 g/mol. The number of hydrogen-bond donors (Lipinski definition) is 1. The molecule has 8 nitrogen and oxygen atoms in total. The van der Waals surface area contributed by atoms with E-state index in [1.165, 1.54) is 35.5 Å². The number of nitrogens with zero attached hydrogens (tertiary/aromatic N) is 2. The summed E-state index contributed by atoms with van der Waals surface area (Å²) in [5.41, 5.74) is 2.41. The van der Waals surface area contributed by atoms with Gasteiger partial charge in [-0.05, 0) is 62.2 Å². The molecule has 32 heavy (non-hydrogen) atoms. The first-order valence-corrected chi connectivity index (χ1v) is 13.6. The Morgan fingerprint density at radius 3 is 2.03 bits per heavy atom. The van der Waals surface area contributed by atoms with Crippen LogP contribution in [0.1, 0.15) is 31.9 Å². The van der Waals surface area contributed by atoms with Crippen molar-refractivity contribution in [2.45, 2.75) is 45.6 Å². The summed E-state index contributed by atoms with van der Waals surface area (Å²) in [6, 6.07) is 10.2. The van der Waals surface area contributed by atoms with E-state index in [0.717, 1.165) is 21.7 Å². The molecule has 0 radical (unpaired) electrons. The van der Waals surface area contributed by atoms with Gasteiger partial charge in [-0.25, -0.2) is 16.8 Å². The average molecular weight is 482 g/mol. The topological polar surface area (TPSA) is 104 Å². The van der Waals surface area contributed by atoms with Gasteiger partial charge >= 0.3 is 0 Å². The molecule has 176 valence electrons. The Bertz CT molecular complexity index is 1170. The summed E-state index contributed by atoms with van der Waals surface area (Å²) in [6.07, 6.45) is 1.06. The molecule has 0 saturated heterocycles. The summed E-state index contributed by atoms with van der Waals surface area (Å²) in [4.78, 5) is 13.0. The van der Waals surface area contributed by atoms with Crippen molar-refractivity contribution in [2.24, 2.45) is 0 Å². The lowest BCUT2D eigenvalue weighted by atomic mass is 10.1. The normalized spacial score (nSPS) is 13.1. The number of carbonyl (C=O) groups is 1. The van der Waals surface area contributed by atoms with Gasteiger partial charge in [0, 0.05) is 18.8 Å². The second-order valence-electron chi connectivity index (χ2n) is 7.63. The second-order valence-corrected chi connectivity index (χ2v) is 11.4. The molecule has 0 spiro atoms. The minimum Gasteiger partial charge on any atom is -0.324 e. The SMILES string of the molecule is CCN(CC)S(=O)(=O)c1ccc(NC(=O)[C@@H](C)N(c2cc(C)ccc2C)S(C)(=O)=O)cc1. The number of nitrogens with one attached hydrogen (secondary N) is 1. The van der Waals surface area contributed by atoms with E-state index in [-0.39, 0.29) is 4.90 Å². The van der Waals surface area contributed by atoms with Gasteiger partial charge < -0.3 is 5.32 Å². The van der Waals surface area contributed by atoms with Crippen molar-refractivity contribution >= 4 is 37.3 Å². The zero-order valence-electron chi connectivity index (χ0n) is 19.3. The summed E-state index contributed by atoms with van der Waals surface area (Å²) in [7, 11) is -7.35. The van der Waals surface area contributed by atoms with E-state index in [1.807, 2.05) is 19.1 Å². The summed E-state index contributed by atoms with van der Waals surface area (Å²) < 4.78 is 52.8. The van der Waals surface area contributed by atoms with Crippen LogP contribution in [0.2, 0.25) is 0 Å².